The summed E-state index contributed by atoms with van der Waals surface area (Å²) in [5.74, 6) is 0. The molecule has 35 valence electrons. The van der Waals surface area contributed by atoms with Gasteiger partial charge in [0.05, 0.1) is 0 Å². The van der Waals surface area contributed by atoms with Crippen LogP contribution in [0.25, 0.3) is 0 Å². The molecule has 0 aromatic rings. The highest BCUT2D eigenvalue weighted by Crippen LogP contribution is 1.99. The van der Waals surface area contributed by atoms with Gasteiger partial charge in [-0.1, -0.05) is 28.7 Å². The third-order valence-electron chi connectivity index (χ3n) is 0.480. The lowest BCUT2D eigenvalue weighted by molar-refractivity contribution is 1.05. The van der Waals surface area contributed by atoms with E-state index in [2.05, 4.69) is 33.6 Å². The van der Waals surface area contributed by atoms with Crippen LogP contribution in [-0.4, -0.2) is 0 Å². The Bertz CT molecular complexity index is 32.9. The molecule has 0 aliphatic rings. The van der Waals surface area contributed by atoms with Gasteiger partial charge in [-0.2, -0.15) is 0 Å². The SMILES string of the molecule is C=CCC[CH]I. The normalized spacial score (nSPS) is 8.17. The summed E-state index contributed by atoms with van der Waals surface area (Å²) in [4.78, 5) is 0. The Morgan fingerprint density at radius 3 is 2.33 bits per heavy atom. The van der Waals surface area contributed by atoms with E-state index in [9.17, 15) is 0 Å². The molecule has 0 aliphatic carbocycles. The number of allylic oxidation sites excluding steroid dienone is 1. The molecule has 0 nitrogen and oxygen atoms in total. The highest BCUT2D eigenvalue weighted by molar-refractivity contribution is 14.1. The second-order valence-corrected chi connectivity index (χ2v) is 1.90. The van der Waals surface area contributed by atoms with Crippen molar-refractivity contribution >= 4 is 22.6 Å². The van der Waals surface area contributed by atoms with Crippen molar-refractivity contribution in [1.82, 2.24) is 0 Å². The van der Waals surface area contributed by atoms with E-state index in [4.69, 9.17) is 0 Å². The minimum Gasteiger partial charge on any atom is -0.103 e. The van der Waals surface area contributed by atoms with E-state index in [1.165, 1.54) is 0 Å². The van der Waals surface area contributed by atoms with Crippen LogP contribution in [0.2, 0.25) is 0 Å². The molecule has 0 atom stereocenters. The number of hydrogen-bond acceptors (Lipinski definition) is 0. The number of hydrogen-bond donors (Lipinski definition) is 0. The lowest BCUT2D eigenvalue weighted by Crippen LogP contribution is -1.59. The van der Waals surface area contributed by atoms with Crippen LogP contribution in [0.4, 0.5) is 0 Å². The molecule has 0 N–H and O–H groups in total. The zero-order valence-electron chi connectivity index (χ0n) is 3.65. The summed E-state index contributed by atoms with van der Waals surface area (Å²) in [6, 6.07) is 0. The lowest BCUT2D eigenvalue weighted by Gasteiger charge is -1.80. The van der Waals surface area contributed by atoms with Gasteiger partial charge in [-0.05, 0) is 12.8 Å². The van der Waals surface area contributed by atoms with Gasteiger partial charge < -0.3 is 0 Å². The number of rotatable bonds is 3. The molecule has 0 aromatic heterocycles. The molecular formula is C5H8I. The third kappa shape index (κ3) is 4.47. The van der Waals surface area contributed by atoms with Gasteiger partial charge in [0, 0.05) is 4.43 Å². The molecule has 6 heavy (non-hydrogen) atoms. The first-order valence-corrected chi connectivity index (χ1v) is 3.19. The molecule has 0 spiro atoms. The fourth-order valence-electron chi connectivity index (χ4n) is 0.181. The van der Waals surface area contributed by atoms with Crippen molar-refractivity contribution in [1.29, 1.82) is 0 Å². The largest absolute Gasteiger partial charge is 0.103 e. The molecule has 0 fully saturated rings. The number of halogens is 1. The van der Waals surface area contributed by atoms with E-state index in [1.807, 2.05) is 6.08 Å². The highest BCUT2D eigenvalue weighted by Gasteiger charge is 1.73. The Kier molecular flexibility index (Phi) is 5.90. The predicted octanol–water partition coefficient (Wildman–Crippen LogP) is 2.55. The standard InChI is InChI=1S/C5H8I/c1-2-3-4-5-6/h2,5H,1,3-4H2. The molecule has 0 aliphatic heterocycles. The van der Waals surface area contributed by atoms with E-state index in [0.717, 1.165) is 12.8 Å². The highest BCUT2D eigenvalue weighted by atomic mass is 127. The molecule has 1 radical (unpaired) electrons. The molecular weight excluding hydrogens is 187 g/mol. The summed E-state index contributed by atoms with van der Waals surface area (Å²) >= 11 is 2.24. The van der Waals surface area contributed by atoms with Crippen molar-refractivity contribution < 1.29 is 0 Å². The van der Waals surface area contributed by atoms with E-state index < -0.39 is 0 Å². The van der Waals surface area contributed by atoms with E-state index >= 15 is 0 Å². The van der Waals surface area contributed by atoms with E-state index in [1.54, 1.807) is 0 Å². The second-order valence-electron chi connectivity index (χ2n) is 1.02. The first kappa shape index (κ1) is 6.47. The quantitative estimate of drug-likeness (QED) is 0.368. The zero-order valence-corrected chi connectivity index (χ0v) is 5.81. The van der Waals surface area contributed by atoms with Crippen LogP contribution in [0, 0.1) is 4.43 Å². The first-order valence-electron chi connectivity index (χ1n) is 1.94. The monoisotopic (exact) mass is 195 g/mol. The fourth-order valence-corrected chi connectivity index (χ4v) is 0.540. The van der Waals surface area contributed by atoms with Crippen LogP contribution >= 0.6 is 22.6 Å². The molecule has 0 rings (SSSR count). The maximum Gasteiger partial charge on any atom is 0.0230 e. The molecule has 0 aromatic carbocycles. The summed E-state index contributed by atoms with van der Waals surface area (Å²) in [6.45, 7) is 3.57. The van der Waals surface area contributed by atoms with Crippen LogP contribution < -0.4 is 0 Å². The van der Waals surface area contributed by atoms with E-state index in [0.29, 0.717) is 0 Å². The summed E-state index contributed by atoms with van der Waals surface area (Å²) < 4.78 is 2.11. The average molecular weight is 195 g/mol. The van der Waals surface area contributed by atoms with Crippen molar-refractivity contribution in [2.75, 3.05) is 0 Å². The Morgan fingerprint density at radius 1 is 1.50 bits per heavy atom. The van der Waals surface area contributed by atoms with Gasteiger partial charge in [-0.15, -0.1) is 6.58 Å². The van der Waals surface area contributed by atoms with Gasteiger partial charge in [-0.3, -0.25) is 0 Å². The zero-order chi connectivity index (χ0) is 4.83. The molecule has 0 bridgehead atoms. The summed E-state index contributed by atoms with van der Waals surface area (Å²) in [5.41, 5.74) is 0. The van der Waals surface area contributed by atoms with Crippen molar-refractivity contribution in [3.05, 3.63) is 17.1 Å². The van der Waals surface area contributed by atoms with Crippen LogP contribution in [0.15, 0.2) is 12.7 Å². The topological polar surface area (TPSA) is 0 Å². The summed E-state index contributed by atoms with van der Waals surface area (Å²) in [6.07, 6.45) is 4.20. The minimum absolute atomic E-state index is 1.11. The van der Waals surface area contributed by atoms with Crippen molar-refractivity contribution in [3.63, 3.8) is 0 Å². The predicted molar refractivity (Wildman–Crippen MR) is 37.8 cm³/mol. The summed E-state index contributed by atoms with van der Waals surface area (Å²) in [7, 11) is 0. The second kappa shape index (κ2) is 5.47. The molecule has 0 amide bonds. The Morgan fingerprint density at radius 2 is 2.17 bits per heavy atom. The molecule has 0 saturated heterocycles. The average Bonchev–Trinajstić information content (AvgIpc) is 1.61. The van der Waals surface area contributed by atoms with Crippen molar-refractivity contribution in [2.24, 2.45) is 0 Å². The van der Waals surface area contributed by atoms with Crippen molar-refractivity contribution in [2.45, 2.75) is 12.8 Å². The Labute approximate surface area is 52.8 Å². The van der Waals surface area contributed by atoms with Crippen molar-refractivity contribution in [3.8, 4) is 0 Å². The summed E-state index contributed by atoms with van der Waals surface area (Å²) in [5, 5.41) is 0. The van der Waals surface area contributed by atoms with Crippen LogP contribution in [-0.2, 0) is 0 Å². The van der Waals surface area contributed by atoms with Crippen LogP contribution in [0.3, 0.4) is 0 Å². The third-order valence-corrected chi connectivity index (χ3v) is 1.10. The van der Waals surface area contributed by atoms with Crippen LogP contribution in [0.1, 0.15) is 12.8 Å². The maximum absolute atomic E-state index is 3.57. The van der Waals surface area contributed by atoms with Gasteiger partial charge in [0.2, 0.25) is 0 Å². The van der Waals surface area contributed by atoms with Gasteiger partial charge in [0.15, 0.2) is 0 Å². The molecule has 0 heterocycles. The minimum atomic E-state index is 1.11. The fraction of sp³-hybridized carbons (Fsp3) is 0.400. The smallest absolute Gasteiger partial charge is 0.0230 e. The van der Waals surface area contributed by atoms with Gasteiger partial charge in [-0.25, -0.2) is 0 Å². The lowest BCUT2D eigenvalue weighted by atomic mass is 10.3. The molecule has 1 heteroatoms. The molecule has 0 unspecified atom stereocenters. The van der Waals surface area contributed by atoms with Gasteiger partial charge in [0.1, 0.15) is 0 Å². The maximum atomic E-state index is 3.57. The number of unbranched alkanes of at least 4 members (excludes halogenated alkanes) is 1. The molecule has 0 saturated carbocycles. The van der Waals surface area contributed by atoms with Crippen LogP contribution in [0.5, 0.6) is 0 Å². The first-order chi connectivity index (χ1) is 2.91. The van der Waals surface area contributed by atoms with Gasteiger partial charge in [0.25, 0.3) is 0 Å². The Hall–Kier alpha value is 0.470. The van der Waals surface area contributed by atoms with E-state index in [-0.39, 0.29) is 0 Å². The van der Waals surface area contributed by atoms with Gasteiger partial charge >= 0.3 is 0 Å². The Balaban J connectivity index is 2.49.